The largest absolute Gasteiger partial charge is 0.376 e. The summed E-state index contributed by atoms with van der Waals surface area (Å²) in [4.78, 5) is 17.9. The summed E-state index contributed by atoms with van der Waals surface area (Å²) in [5.74, 6) is -0.409. The summed E-state index contributed by atoms with van der Waals surface area (Å²) in [6.07, 6.45) is 2.97. The van der Waals surface area contributed by atoms with Crippen molar-refractivity contribution in [3.63, 3.8) is 0 Å². The summed E-state index contributed by atoms with van der Waals surface area (Å²) < 4.78 is 23.7. The van der Waals surface area contributed by atoms with E-state index in [0.29, 0.717) is 21.4 Å². The number of amides is 1. The first-order valence-corrected chi connectivity index (χ1v) is 8.78. The second-order valence-electron chi connectivity index (χ2n) is 4.96. The zero-order chi connectivity index (χ0) is 17.2. The van der Waals surface area contributed by atoms with E-state index in [-0.39, 0.29) is 4.90 Å². The number of nitrogens with one attached hydrogen (secondary N) is 1. The maximum absolute atomic E-state index is 12.3. The molecule has 0 bridgehead atoms. The van der Waals surface area contributed by atoms with Crippen LogP contribution in [0.5, 0.6) is 0 Å². The second kappa shape index (κ2) is 6.65. The van der Waals surface area contributed by atoms with Gasteiger partial charge in [-0.05, 0) is 40.2 Å². The van der Waals surface area contributed by atoms with Crippen LogP contribution in [0.25, 0.3) is 0 Å². The maximum atomic E-state index is 12.3. The molecule has 1 heterocycles. The van der Waals surface area contributed by atoms with Crippen LogP contribution < -0.4 is 15.4 Å². The van der Waals surface area contributed by atoms with E-state index in [1.807, 2.05) is 0 Å². The molecule has 122 valence electrons. The molecule has 0 radical (unpaired) electrons. The van der Waals surface area contributed by atoms with E-state index in [4.69, 9.17) is 5.14 Å². The van der Waals surface area contributed by atoms with Crippen LogP contribution in [0.1, 0.15) is 10.4 Å². The molecule has 2 rings (SSSR count). The average molecular weight is 399 g/mol. The molecule has 0 saturated heterocycles. The van der Waals surface area contributed by atoms with E-state index in [2.05, 4.69) is 26.2 Å². The minimum atomic E-state index is -3.86. The predicted octanol–water partition coefficient (Wildman–Crippen LogP) is 1.81. The van der Waals surface area contributed by atoms with Crippen molar-refractivity contribution >= 4 is 43.2 Å². The molecule has 0 fully saturated rings. The van der Waals surface area contributed by atoms with Gasteiger partial charge in [0.15, 0.2) is 0 Å². The third kappa shape index (κ3) is 4.27. The highest BCUT2D eigenvalue weighted by Gasteiger charge is 2.15. The van der Waals surface area contributed by atoms with E-state index in [1.54, 1.807) is 37.3 Å². The minimum absolute atomic E-state index is 0.0780. The van der Waals surface area contributed by atoms with Gasteiger partial charge in [-0.3, -0.25) is 9.78 Å². The number of nitrogens with zero attached hydrogens (tertiary/aromatic N) is 2. The molecule has 0 unspecified atom stereocenters. The number of carbonyl (C=O) groups is 1. The Balaban J connectivity index is 2.42. The third-order valence-corrected chi connectivity index (χ3v) is 4.34. The number of aromatic nitrogens is 1. The van der Waals surface area contributed by atoms with E-state index >= 15 is 0 Å². The molecule has 0 atom stereocenters. The summed E-state index contributed by atoms with van der Waals surface area (Å²) in [6, 6.07) is 5.91. The van der Waals surface area contributed by atoms with Crippen LogP contribution >= 0.6 is 15.9 Å². The van der Waals surface area contributed by atoms with Crippen molar-refractivity contribution in [3.05, 3.63) is 46.7 Å². The van der Waals surface area contributed by atoms with Crippen molar-refractivity contribution in [1.82, 2.24) is 4.98 Å². The van der Waals surface area contributed by atoms with Crippen molar-refractivity contribution in [2.24, 2.45) is 5.14 Å². The van der Waals surface area contributed by atoms with Crippen molar-refractivity contribution in [2.45, 2.75) is 4.90 Å². The van der Waals surface area contributed by atoms with Gasteiger partial charge in [-0.1, -0.05) is 0 Å². The molecule has 1 amide bonds. The van der Waals surface area contributed by atoms with Gasteiger partial charge in [-0.25, -0.2) is 13.6 Å². The summed E-state index contributed by atoms with van der Waals surface area (Å²) in [6.45, 7) is 0. The van der Waals surface area contributed by atoms with Crippen molar-refractivity contribution in [3.8, 4) is 0 Å². The Morgan fingerprint density at radius 3 is 2.52 bits per heavy atom. The van der Waals surface area contributed by atoms with Crippen LogP contribution in [0.15, 0.2) is 46.0 Å². The molecule has 0 aliphatic heterocycles. The molecule has 2 aromatic rings. The highest BCUT2D eigenvalue weighted by molar-refractivity contribution is 9.10. The number of hydrogen-bond acceptors (Lipinski definition) is 5. The number of nitrogens with two attached hydrogens (primary N) is 1. The van der Waals surface area contributed by atoms with E-state index in [1.165, 1.54) is 18.3 Å². The normalized spacial score (nSPS) is 11.1. The Kier molecular flexibility index (Phi) is 5.03. The molecule has 0 aliphatic rings. The highest BCUT2D eigenvalue weighted by Crippen LogP contribution is 2.27. The Bertz CT molecular complexity index is 853. The lowest BCUT2D eigenvalue weighted by Crippen LogP contribution is -2.18. The lowest BCUT2D eigenvalue weighted by Gasteiger charge is -2.18. The van der Waals surface area contributed by atoms with E-state index < -0.39 is 15.9 Å². The molecule has 1 aromatic carbocycles. The van der Waals surface area contributed by atoms with Gasteiger partial charge in [-0.2, -0.15) is 0 Å². The first-order chi connectivity index (χ1) is 10.7. The minimum Gasteiger partial charge on any atom is -0.376 e. The molecule has 23 heavy (non-hydrogen) atoms. The van der Waals surface area contributed by atoms with E-state index in [0.717, 1.165) is 0 Å². The number of pyridine rings is 1. The smallest absolute Gasteiger partial charge is 0.257 e. The lowest BCUT2D eigenvalue weighted by atomic mass is 10.2. The molecule has 0 aliphatic carbocycles. The van der Waals surface area contributed by atoms with Gasteiger partial charge >= 0.3 is 0 Å². The SMILES string of the molecule is CN(C)c1ccc(S(N)(=O)=O)cc1NC(=O)c1cncc(Br)c1. The Hall–Kier alpha value is -1.97. The summed E-state index contributed by atoms with van der Waals surface area (Å²) in [5.41, 5.74) is 1.32. The number of anilines is 2. The van der Waals surface area contributed by atoms with Gasteiger partial charge < -0.3 is 10.2 Å². The molecular formula is C14H15BrN4O3S. The Morgan fingerprint density at radius 2 is 1.96 bits per heavy atom. The topological polar surface area (TPSA) is 105 Å². The Morgan fingerprint density at radius 1 is 1.26 bits per heavy atom. The van der Waals surface area contributed by atoms with Crippen LogP contribution in [0.2, 0.25) is 0 Å². The number of carbonyl (C=O) groups excluding carboxylic acids is 1. The van der Waals surface area contributed by atoms with Crippen LogP contribution in [-0.4, -0.2) is 33.4 Å². The monoisotopic (exact) mass is 398 g/mol. The van der Waals surface area contributed by atoms with Gasteiger partial charge in [0, 0.05) is 31.0 Å². The summed E-state index contributed by atoms with van der Waals surface area (Å²) in [7, 11) is -0.305. The third-order valence-electron chi connectivity index (χ3n) is 2.99. The van der Waals surface area contributed by atoms with Gasteiger partial charge in [0.05, 0.1) is 21.8 Å². The van der Waals surface area contributed by atoms with Crippen molar-refractivity contribution in [2.75, 3.05) is 24.3 Å². The van der Waals surface area contributed by atoms with Gasteiger partial charge in [0.25, 0.3) is 5.91 Å². The fourth-order valence-electron chi connectivity index (χ4n) is 1.91. The number of halogens is 1. The van der Waals surface area contributed by atoms with Crippen LogP contribution in [0.4, 0.5) is 11.4 Å². The van der Waals surface area contributed by atoms with Crippen LogP contribution in [0.3, 0.4) is 0 Å². The number of primary sulfonamides is 1. The second-order valence-corrected chi connectivity index (χ2v) is 7.44. The maximum Gasteiger partial charge on any atom is 0.257 e. The molecule has 0 saturated carbocycles. The van der Waals surface area contributed by atoms with Crippen LogP contribution in [-0.2, 0) is 10.0 Å². The number of rotatable bonds is 4. The van der Waals surface area contributed by atoms with Gasteiger partial charge in [0.1, 0.15) is 0 Å². The number of hydrogen-bond donors (Lipinski definition) is 2. The van der Waals surface area contributed by atoms with E-state index in [9.17, 15) is 13.2 Å². The molecular weight excluding hydrogens is 384 g/mol. The van der Waals surface area contributed by atoms with Crippen molar-refractivity contribution in [1.29, 1.82) is 0 Å². The first-order valence-electron chi connectivity index (χ1n) is 6.44. The first kappa shape index (κ1) is 17.4. The fraction of sp³-hybridized carbons (Fsp3) is 0.143. The Labute approximate surface area is 142 Å². The summed E-state index contributed by atoms with van der Waals surface area (Å²) >= 11 is 3.24. The molecule has 7 nitrogen and oxygen atoms in total. The van der Waals surface area contributed by atoms with Crippen LogP contribution in [0, 0.1) is 0 Å². The number of sulfonamides is 1. The molecule has 1 aromatic heterocycles. The quantitative estimate of drug-likeness (QED) is 0.816. The lowest BCUT2D eigenvalue weighted by molar-refractivity contribution is 0.102. The standard InChI is InChI=1S/C14H15BrN4O3S/c1-19(2)13-4-3-11(23(16,21)22)6-12(13)18-14(20)9-5-10(15)8-17-7-9/h3-8H,1-2H3,(H,18,20)(H2,16,21,22). The highest BCUT2D eigenvalue weighted by atomic mass is 79.9. The molecule has 3 N–H and O–H groups in total. The number of benzene rings is 1. The molecule has 9 heteroatoms. The summed E-state index contributed by atoms with van der Waals surface area (Å²) in [5, 5.41) is 7.83. The fourth-order valence-corrected chi connectivity index (χ4v) is 2.82. The zero-order valence-corrected chi connectivity index (χ0v) is 14.8. The predicted molar refractivity (Wildman–Crippen MR) is 92.0 cm³/mol. The average Bonchev–Trinajstić information content (AvgIpc) is 2.46. The van der Waals surface area contributed by atoms with Gasteiger partial charge in [-0.15, -0.1) is 0 Å². The van der Waals surface area contributed by atoms with Gasteiger partial charge in [0.2, 0.25) is 10.0 Å². The zero-order valence-electron chi connectivity index (χ0n) is 12.4. The van der Waals surface area contributed by atoms with Crippen molar-refractivity contribution < 1.29 is 13.2 Å². The molecule has 0 spiro atoms.